The molecular formula is C69H137NO5. The van der Waals surface area contributed by atoms with Gasteiger partial charge in [-0.25, -0.2) is 0 Å². The highest BCUT2D eigenvalue weighted by Gasteiger charge is 2.20. The number of amides is 1. The van der Waals surface area contributed by atoms with Crippen molar-refractivity contribution < 1.29 is 24.5 Å². The lowest BCUT2D eigenvalue weighted by Crippen LogP contribution is -2.45. The average molecular weight is 1060 g/mol. The Kier molecular flexibility index (Phi) is 64.4. The van der Waals surface area contributed by atoms with Gasteiger partial charge in [0.1, 0.15) is 0 Å². The number of hydrogen-bond acceptors (Lipinski definition) is 5. The standard InChI is InChI=1S/C69H137NO5/c1-3-5-7-9-11-13-15-17-19-21-22-23-24-25-26-27-28-30-33-37-41-45-49-53-57-61-67(72)66(65-71)70-68(73)62-58-54-50-46-42-38-34-31-29-32-36-40-44-48-52-56-60-64-75-69(74)63-59-55-51-47-43-39-35-20-18-16-14-12-10-8-6-4-2/h66-67,71-72H,3-65H2,1-2H3,(H,70,73). The molecule has 0 saturated heterocycles. The van der Waals surface area contributed by atoms with Crippen LogP contribution in [0.25, 0.3) is 0 Å². The van der Waals surface area contributed by atoms with Gasteiger partial charge in [0.25, 0.3) is 0 Å². The molecule has 0 rings (SSSR count). The smallest absolute Gasteiger partial charge is 0.305 e. The molecule has 0 heterocycles. The van der Waals surface area contributed by atoms with Gasteiger partial charge in [-0.05, 0) is 25.7 Å². The Morgan fingerprint density at radius 2 is 0.547 bits per heavy atom. The number of ether oxygens (including phenoxy) is 1. The van der Waals surface area contributed by atoms with E-state index in [0.717, 1.165) is 38.5 Å². The molecule has 2 atom stereocenters. The van der Waals surface area contributed by atoms with E-state index in [-0.39, 0.29) is 18.5 Å². The maximum atomic E-state index is 12.6. The van der Waals surface area contributed by atoms with Crippen LogP contribution in [0, 0.1) is 0 Å². The number of aliphatic hydroxyl groups is 2. The van der Waals surface area contributed by atoms with Crippen molar-refractivity contribution in [2.24, 2.45) is 0 Å². The molecule has 0 aromatic rings. The van der Waals surface area contributed by atoms with Crippen LogP contribution >= 0.6 is 0 Å². The first-order chi connectivity index (χ1) is 37.0. The summed E-state index contributed by atoms with van der Waals surface area (Å²) in [6, 6.07) is -0.546. The number of carbonyl (C=O) groups excluding carboxylic acids is 2. The zero-order valence-electron chi connectivity index (χ0n) is 51.3. The number of aliphatic hydroxyl groups excluding tert-OH is 2. The molecular weight excluding hydrogens is 923 g/mol. The fourth-order valence-electron chi connectivity index (χ4n) is 11.4. The van der Waals surface area contributed by atoms with Crippen LogP contribution in [0.4, 0.5) is 0 Å². The van der Waals surface area contributed by atoms with Gasteiger partial charge in [-0.1, -0.05) is 367 Å². The molecule has 0 aliphatic carbocycles. The Bertz CT molecular complexity index is 1080. The van der Waals surface area contributed by atoms with Gasteiger partial charge in [0, 0.05) is 12.8 Å². The SMILES string of the molecule is CCCCCCCCCCCCCCCCCCCCCCCCCCCC(O)C(CO)NC(=O)CCCCCCCCCCCCCCCCCCCOC(=O)CCCCCCCCCCCCCCCCCC. The van der Waals surface area contributed by atoms with E-state index in [1.165, 1.54) is 334 Å². The van der Waals surface area contributed by atoms with Crippen molar-refractivity contribution in [1.29, 1.82) is 0 Å². The van der Waals surface area contributed by atoms with Gasteiger partial charge in [-0.15, -0.1) is 0 Å². The largest absolute Gasteiger partial charge is 0.466 e. The lowest BCUT2D eigenvalue weighted by atomic mass is 10.0. The molecule has 0 aromatic carbocycles. The highest BCUT2D eigenvalue weighted by Crippen LogP contribution is 2.19. The molecule has 0 spiro atoms. The summed E-state index contributed by atoms with van der Waals surface area (Å²) < 4.78 is 5.50. The molecule has 0 radical (unpaired) electrons. The molecule has 3 N–H and O–H groups in total. The Morgan fingerprint density at radius 3 is 0.813 bits per heavy atom. The topological polar surface area (TPSA) is 95.9 Å². The summed E-state index contributed by atoms with van der Waals surface area (Å²) in [5, 5.41) is 23.4. The Labute approximate surface area is 470 Å². The second kappa shape index (κ2) is 65.4. The van der Waals surface area contributed by atoms with Crippen LogP contribution in [0.5, 0.6) is 0 Å². The highest BCUT2D eigenvalue weighted by atomic mass is 16.5. The van der Waals surface area contributed by atoms with Crippen molar-refractivity contribution in [3.63, 3.8) is 0 Å². The zero-order chi connectivity index (χ0) is 54.3. The lowest BCUT2D eigenvalue weighted by molar-refractivity contribution is -0.143. The summed E-state index contributed by atoms with van der Waals surface area (Å²) in [6.07, 6.45) is 78.5. The number of carbonyl (C=O) groups is 2. The van der Waals surface area contributed by atoms with E-state index in [1.807, 2.05) is 0 Å². The van der Waals surface area contributed by atoms with Crippen molar-refractivity contribution in [1.82, 2.24) is 5.32 Å². The highest BCUT2D eigenvalue weighted by molar-refractivity contribution is 5.76. The molecule has 75 heavy (non-hydrogen) atoms. The number of unbranched alkanes of at least 4 members (excludes halogenated alkanes) is 55. The van der Waals surface area contributed by atoms with Gasteiger partial charge in [0.05, 0.1) is 25.4 Å². The molecule has 6 heteroatoms. The Balaban J connectivity index is 3.39. The van der Waals surface area contributed by atoms with E-state index in [9.17, 15) is 19.8 Å². The van der Waals surface area contributed by atoms with Crippen LogP contribution < -0.4 is 5.32 Å². The minimum Gasteiger partial charge on any atom is -0.466 e. The van der Waals surface area contributed by atoms with Crippen LogP contribution in [0.3, 0.4) is 0 Å². The van der Waals surface area contributed by atoms with Gasteiger partial charge < -0.3 is 20.3 Å². The van der Waals surface area contributed by atoms with Crippen molar-refractivity contribution in [2.45, 2.75) is 418 Å². The first-order valence-electron chi connectivity index (χ1n) is 34.8. The maximum Gasteiger partial charge on any atom is 0.305 e. The fourth-order valence-corrected chi connectivity index (χ4v) is 11.4. The summed E-state index contributed by atoms with van der Waals surface area (Å²) in [7, 11) is 0. The van der Waals surface area contributed by atoms with Gasteiger partial charge in [0.2, 0.25) is 5.91 Å². The van der Waals surface area contributed by atoms with E-state index in [1.54, 1.807) is 0 Å². The summed E-state index contributed by atoms with van der Waals surface area (Å²) >= 11 is 0. The average Bonchev–Trinajstić information content (AvgIpc) is 3.41. The first-order valence-corrected chi connectivity index (χ1v) is 34.8. The summed E-state index contributed by atoms with van der Waals surface area (Å²) in [5.41, 5.74) is 0. The number of esters is 1. The van der Waals surface area contributed by atoms with E-state index in [4.69, 9.17) is 4.74 Å². The number of rotatable bonds is 66. The lowest BCUT2D eigenvalue weighted by Gasteiger charge is -2.22. The first kappa shape index (κ1) is 73.9. The van der Waals surface area contributed by atoms with Crippen molar-refractivity contribution >= 4 is 11.9 Å². The quantitative estimate of drug-likeness (QED) is 0.0417. The summed E-state index contributed by atoms with van der Waals surface area (Å²) in [4.78, 5) is 24.6. The number of nitrogens with one attached hydrogen (secondary N) is 1. The van der Waals surface area contributed by atoms with Crippen LogP contribution in [-0.4, -0.2) is 47.4 Å². The third kappa shape index (κ3) is 61.9. The molecule has 6 nitrogen and oxygen atoms in total. The van der Waals surface area contributed by atoms with Crippen LogP contribution in [-0.2, 0) is 14.3 Å². The molecule has 0 aromatic heterocycles. The minimum atomic E-state index is -0.668. The molecule has 2 unspecified atom stereocenters. The molecule has 448 valence electrons. The van der Waals surface area contributed by atoms with Crippen LogP contribution in [0.1, 0.15) is 406 Å². The second-order valence-electron chi connectivity index (χ2n) is 24.2. The Morgan fingerprint density at radius 1 is 0.320 bits per heavy atom. The third-order valence-electron chi connectivity index (χ3n) is 16.7. The summed E-state index contributed by atoms with van der Waals surface area (Å²) in [5.74, 6) is -0.0235. The van der Waals surface area contributed by atoms with Gasteiger partial charge in [0.15, 0.2) is 0 Å². The van der Waals surface area contributed by atoms with Crippen molar-refractivity contribution in [2.75, 3.05) is 13.2 Å². The minimum absolute atomic E-state index is 0.0107. The van der Waals surface area contributed by atoms with Gasteiger partial charge in [-0.2, -0.15) is 0 Å². The van der Waals surface area contributed by atoms with E-state index >= 15 is 0 Å². The molecule has 1 amide bonds. The normalized spacial score (nSPS) is 12.4. The fraction of sp³-hybridized carbons (Fsp3) is 0.971. The molecule has 0 aliphatic rings. The Hall–Kier alpha value is -1.14. The monoisotopic (exact) mass is 1060 g/mol. The molecule has 0 fully saturated rings. The molecule has 0 aliphatic heterocycles. The second-order valence-corrected chi connectivity index (χ2v) is 24.2. The van der Waals surface area contributed by atoms with Crippen LogP contribution in [0.2, 0.25) is 0 Å². The van der Waals surface area contributed by atoms with Crippen LogP contribution in [0.15, 0.2) is 0 Å². The predicted octanol–water partition coefficient (Wildman–Crippen LogP) is 22.2. The summed E-state index contributed by atoms with van der Waals surface area (Å²) in [6.45, 7) is 4.99. The predicted molar refractivity (Wildman–Crippen MR) is 329 cm³/mol. The van der Waals surface area contributed by atoms with Crippen molar-refractivity contribution in [3.05, 3.63) is 0 Å². The maximum absolute atomic E-state index is 12.6. The van der Waals surface area contributed by atoms with Gasteiger partial charge >= 0.3 is 5.97 Å². The number of hydrogen-bond donors (Lipinski definition) is 3. The third-order valence-corrected chi connectivity index (χ3v) is 16.7. The molecule has 0 saturated carbocycles. The van der Waals surface area contributed by atoms with E-state index in [2.05, 4.69) is 19.2 Å². The van der Waals surface area contributed by atoms with E-state index < -0.39 is 12.1 Å². The van der Waals surface area contributed by atoms with E-state index in [0.29, 0.717) is 25.9 Å². The van der Waals surface area contributed by atoms with Gasteiger partial charge in [-0.3, -0.25) is 9.59 Å². The molecule has 0 bridgehead atoms. The zero-order valence-corrected chi connectivity index (χ0v) is 51.3. The van der Waals surface area contributed by atoms with Crippen molar-refractivity contribution in [3.8, 4) is 0 Å².